The number of aromatic nitrogens is 1. The molecule has 3 amide bonds. The largest absolute Gasteiger partial charge is 0.356 e. The highest BCUT2D eigenvalue weighted by atomic mass is 19.2. The zero-order valence-electron chi connectivity index (χ0n) is 18.8. The smallest absolute Gasteiger partial charge is 0.271 e. The minimum atomic E-state index is -1.02. The maximum atomic E-state index is 13.6. The lowest BCUT2D eigenvalue weighted by Gasteiger charge is -2.30. The van der Waals surface area contributed by atoms with E-state index in [1.54, 1.807) is 0 Å². The highest BCUT2D eigenvalue weighted by Crippen LogP contribution is 2.65. The fourth-order valence-electron chi connectivity index (χ4n) is 5.75. The Labute approximate surface area is 194 Å². The molecule has 2 aliphatic heterocycles. The monoisotopic (exact) mass is 469 g/mol. The summed E-state index contributed by atoms with van der Waals surface area (Å²) in [7, 11) is 0. The van der Waals surface area contributed by atoms with Crippen LogP contribution in [0.15, 0.2) is 18.2 Å². The number of hydrogen-bond acceptors (Lipinski definition) is 4. The van der Waals surface area contributed by atoms with Gasteiger partial charge in [-0.15, -0.1) is 0 Å². The van der Waals surface area contributed by atoms with Crippen molar-refractivity contribution in [3.05, 3.63) is 35.5 Å². The number of H-pyrrole nitrogens is 1. The molecule has 0 unspecified atom stereocenters. The van der Waals surface area contributed by atoms with Crippen LogP contribution in [0, 0.1) is 46.1 Å². The van der Waals surface area contributed by atoms with E-state index in [-0.39, 0.29) is 46.7 Å². The van der Waals surface area contributed by atoms with Gasteiger partial charge >= 0.3 is 0 Å². The molecule has 3 fully saturated rings. The third-order valence-electron chi connectivity index (χ3n) is 7.79. The molecule has 0 bridgehead atoms. The summed E-state index contributed by atoms with van der Waals surface area (Å²) in [5.41, 5.74) is 0.294. The Morgan fingerprint density at radius 3 is 2.71 bits per heavy atom. The number of aromatic amines is 1. The zero-order valence-corrected chi connectivity index (χ0v) is 18.8. The number of nitrogens with one attached hydrogen (secondary N) is 3. The lowest BCUT2D eigenvalue weighted by atomic mass is 9.97. The normalized spacial score (nSPS) is 27.7. The number of piperidine rings is 1. The van der Waals surface area contributed by atoms with E-state index in [1.807, 2.05) is 13.8 Å². The average Bonchev–Trinajstić information content (AvgIpc) is 3.28. The summed E-state index contributed by atoms with van der Waals surface area (Å²) in [6.07, 6.45) is 0.825. The maximum Gasteiger partial charge on any atom is 0.271 e. The number of carbonyl (C=O) groups is 3. The van der Waals surface area contributed by atoms with Crippen molar-refractivity contribution in [2.75, 3.05) is 13.1 Å². The summed E-state index contributed by atoms with van der Waals surface area (Å²) in [5, 5.41) is 15.4. The molecule has 178 valence electrons. The lowest BCUT2D eigenvalue weighted by molar-refractivity contribution is -0.127. The fourth-order valence-corrected chi connectivity index (χ4v) is 5.75. The molecule has 0 radical (unpaired) electrons. The molecule has 2 saturated heterocycles. The van der Waals surface area contributed by atoms with Crippen LogP contribution in [0.5, 0.6) is 0 Å². The summed E-state index contributed by atoms with van der Waals surface area (Å²) >= 11 is 0. The molecule has 5 atom stereocenters. The van der Waals surface area contributed by atoms with Gasteiger partial charge in [-0.1, -0.05) is 13.8 Å². The van der Waals surface area contributed by atoms with Crippen LogP contribution in [0.4, 0.5) is 8.78 Å². The van der Waals surface area contributed by atoms with Gasteiger partial charge in [0.05, 0.1) is 6.07 Å². The molecule has 34 heavy (non-hydrogen) atoms. The minimum absolute atomic E-state index is 0.0650. The second-order valence-electron chi connectivity index (χ2n) is 10.1. The molecule has 1 aliphatic carbocycles. The molecule has 1 aromatic carbocycles. The average molecular weight is 469 g/mol. The number of halogens is 2. The molecule has 0 spiro atoms. The molecule has 8 nitrogen and oxygen atoms in total. The second-order valence-corrected chi connectivity index (χ2v) is 10.1. The number of hydrogen-bond donors (Lipinski definition) is 3. The van der Waals surface area contributed by atoms with Crippen molar-refractivity contribution < 1.29 is 23.2 Å². The Morgan fingerprint density at radius 2 is 2.03 bits per heavy atom. The SMILES string of the molecule is CC1(C)[C@@H]2[C@@H](C(=O)N[C@H](C#N)C[C@@H]3CCNC3=O)N(C(=O)c3cc4cc(F)c(F)cc4[nH]3)C[C@@H]21. The molecular formula is C24H25F2N5O3. The number of rotatable bonds is 5. The van der Waals surface area contributed by atoms with Crippen molar-refractivity contribution in [1.29, 1.82) is 5.26 Å². The van der Waals surface area contributed by atoms with Gasteiger partial charge < -0.3 is 20.5 Å². The highest BCUT2D eigenvalue weighted by molar-refractivity contribution is 6.01. The number of likely N-dealkylation sites (tertiary alicyclic amines) is 1. The van der Waals surface area contributed by atoms with E-state index < -0.39 is 35.5 Å². The minimum Gasteiger partial charge on any atom is -0.356 e. The summed E-state index contributed by atoms with van der Waals surface area (Å²) in [6.45, 7) is 5.01. The number of nitriles is 1. The summed E-state index contributed by atoms with van der Waals surface area (Å²) in [6, 6.07) is 3.89. The molecule has 3 aliphatic rings. The molecule has 1 saturated carbocycles. The quantitative estimate of drug-likeness (QED) is 0.621. The van der Waals surface area contributed by atoms with Crippen molar-refractivity contribution in [2.24, 2.45) is 23.2 Å². The first kappa shape index (κ1) is 22.3. The van der Waals surface area contributed by atoms with Gasteiger partial charge in [-0.2, -0.15) is 5.26 Å². The van der Waals surface area contributed by atoms with E-state index in [0.29, 0.717) is 24.9 Å². The maximum absolute atomic E-state index is 13.6. The van der Waals surface area contributed by atoms with E-state index in [2.05, 4.69) is 21.7 Å². The van der Waals surface area contributed by atoms with Crippen LogP contribution in [0.2, 0.25) is 0 Å². The van der Waals surface area contributed by atoms with Gasteiger partial charge in [0.25, 0.3) is 5.91 Å². The van der Waals surface area contributed by atoms with Crippen LogP contribution in [0.25, 0.3) is 10.9 Å². The number of amides is 3. The third-order valence-corrected chi connectivity index (χ3v) is 7.79. The highest BCUT2D eigenvalue weighted by Gasteiger charge is 2.69. The summed E-state index contributed by atoms with van der Waals surface area (Å²) < 4.78 is 27.2. The van der Waals surface area contributed by atoms with Gasteiger partial charge in [0.1, 0.15) is 17.8 Å². The van der Waals surface area contributed by atoms with Crippen LogP contribution < -0.4 is 10.6 Å². The molecule has 2 aromatic rings. The second kappa shape index (κ2) is 7.79. The molecular weight excluding hydrogens is 444 g/mol. The van der Waals surface area contributed by atoms with Crippen LogP contribution >= 0.6 is 0 Å². The van der Waals surface area contributed by atoms with Gasteiger partial charge in [0.15, 0.2) is 11.6 Å². The predicted octanol–water partition coefficient (Wildman–Crippen LogP) is 2.08. The Hall–Kier alpha value is -3.48. The van der Waals surface area contributed by atoms with Gasteiger partial charge in [-0.05, 0) is 42.2 Å². The van der Waals surface area contributed by atoms with Gasteiger partial charge in [-0.25, -0.2) is 8.78 Å². The number of benzene rings is 1. The molecule has 3 heterocycles. The Morgan fingerprint density at radius 1 is 1.29 bits per heavy atom. The summed E-state index contributed by atoms with van der Waals surface area (Å²) in [4.78, 5) is 42.9. The predicted molar refractivity (Wildman–Crippen MR) is 117 cm³/mol. The first-order valence-corrected chi connectivity index (χ1v) is 11.4. The van der Waals surface area contributed by atoms with Crippen LogP contribution in [0.3, 0.4) is 0 Å². The Bertz CT molecular complexity index is 1210. The molecule has 1 aromatic heterocycles. The number of nitrogens with zero attached hydrogens (tertiary/aromatic N) is 2. The van der Waals surface area contributed by atoms with Crippen LogP contribution in [-0.4, -0.2) is 52.8 Å². The van der Waals surface area contributed by atoms with Gasteiger partial charge in [0.2, 0.25) is 11.8 Å². The van der Waals surface area contributed by atoms with E-state index >= 15 is 0 Å². The number of fused-ring (bicyclic) bond motifs is 2. The van der Waals surface area contributed by atoms with Crippen LogP contribution in [-0.2, 0) is 9.59 Å². The summed E-state index contributed by atoms with van der Waals surface area (Å²) in [5.74, 6) is -3.28. The third kappa shape index (κ3) is 3.50. The standard InChI is InChI=1S/C24H25F2N5O3/c1-24(2)14-10-31(23(34)18-7-12-6-15(25)16(26)8-17(12)30-18)20(19(14)24)22(33)29-13(9-27)5-11-3-4-28-21(11)32/h6-8,11,13-14,19-20,30H,3-5,10H2,1-2H3,(H,28,32)(H,29,33)/t11-,13-,14-,19-,20-/m0/s1. The van der Waals surface area contributed by atoms with Gasteiger partial charge in [0, 0.05) is 36.0 Å². The lowest BCUT2D eigenvalue weighted by Crippen LogP contribution is -2.52. The van der Waals surface area contributed by atoms with E-state index in [4.69, 9.17) is 0 Å². The topological polar surface area (TPSA) is 118 Å². The van der Waals surface area contributed by atoms with Crippen molar-refractivity contribution >= 4 is 28.6 Å². The zero-order chi connectivity index (χ0) is 24.4. The van der Waals surface area contributed by atoms with Crippen LogP contribution in [0.1, 0.15) is 37.2 Å². The first-order valence-electron chi connectivity index (χ1n) is 11.4. The Kier molecular flexibility index (Phi) is 5.11. The molecule has 10 heteroatoms. The van der Waals surface area contributed by atoms with E-state index in [1.165, 1.54) is 11.0 Å². The van der Waals surface area contributed by atoms with E-state index in [0.717, 1.165) is 12.1 Å². The van der Waals surface area contributed by atoms with Gasteiger partial charge in [-0.3, -0.25) is 14.4 Å². The van der Waals surface area contributed by atoms with E-state index in [9.17, 15) is 28.4 Å². The molecule has 3 N–H and O–H groups in total. The fraction of sp³-hybridized carbons (Fsp3) is 0.500. The molecule has 5 rings (SSSR count). The van der Waals surface area contributed by atoms with Crippen molar-refractivity contribution in [3.8, 4) is 6.07 Å². The van der Waals surface area contributed by atoms with Crippen molar-refractivity contribution in [2.45, 2.75) is 38.8 Å². The Balaban J connectivity index is 1.37. The first-order chi connectivity index (χ1) is 16.1. The number of carbonyl (C=O) groups excluding carboxylic acids is 3. The van der Waals surface area contributed by atoms with Crippen molar-refractivity contribution in [1.82, 2.24) is 20.5 Å². The van der Waals surface area contributed by atoms with Crippen molar-refractivity contribution in [3.63, 3.8) is 0 Å².